The molecule has 0 saturated carbocycles. The molecule has 3 aromatic rings. The van der Waals surface area contributed by atoms with Crippen molar-refractivity contribution in [3.63, 3.8) is 0 Å². The van der Waals surface area contributed by atoms with E-state index in [1.807, 2.05) is 24.3 Å². The fraction of sp³-hybridized carbons (Fsp3) is 0.118. The normalized spacial score (nSPS) is 10.6. The number of amides is 1. The van der Waals surface area contributed by atoms with Crippen molar-refractivity contribution in [3.05, 3.63) is 51.5 Å². The zero-order valence-corrected chi connectivity index (χ0v) is 18.2. The first-order valence-electron chi connectivity index (χ1n) is 7.76. The Morgan fingerprint density at radius 2 is 1.82 bits per heavy atom. The third-order valence-electron chi connectivity index (χ3n) is 3.35. The average Bonchev–Trinajstić information content (AvgIpc) is 3.11. The van der Waals surface area contributed by atoms with Gasteiger partial charge in [-0.05, 0) is 36.4 Å². The highest BCUT2D eigenvalue weighted by molar-refractivity contribution is 8.01. The molecule has 0 saturated heterocycles. The molecule has 28 heavy (non-hydrogen) atoms. The Hall–Kier alpha value is -1.71. The maximum Gasteiger partial charge on any atom is 0.234 e. The molecule has 0 spiro atoms. The summed E-state index contributed by atoms with van der Waals surface area (Å²) in [7, 11) is 1.61. The van der Waals surface area contributed by atoms with Crippen LogP contribution in [0.5, 0.6) is 5.75 Å². The number of nitrogens with zero attached hydrogens (tertiary/aromatic N) is 2. The lowest BCUT2D eigenvalue weighted by molar-refractivity contribution is -0.113. The van der Waals surface area contributed by atoms with Crippen LogP contribution < -0.4 is 15.4 Å². The minimum atomic E-state index is -0.268. The summed E-state index contributed by atoms with van der Waals surface area (Å²) in [5.41, 5.74) is 1.19. The second-order valence-electron chi connectivity index (χ2n) is 5.31. The molecule has 0 aliphatic carbocycles. The molecule has 0 fully saturated rings. The number of methoxy groups -OCH3 is 1. The van der Waals surface area contributed by atoms with Crippen LogP contribution in [0.3, 0.4) is 0 Å². The average molecular weight is 476 g/mol. The number of carbonyl (C=O) groups is 1. The number of rotatable bonds is 7. The van der Waals surface area contributed by atoms with Crippen molar-refractivity contribution in [2.24, 2.45) is 0 Å². The van der Waals surface area contributed by atoms with Crippen LogP contribution in [0.1, 0.15) is 0 Å². The first-order valence-corrected chi connectivity index (χ1v) is 10.7. The number of nitrogens with one attached hydrogen (secondary N) is 2. The molecule has 11 heteroatoms. The number of thioether (sulfide) groups is 1. The predicted molar refractivity (Wildman–Crippen MR) is 117 cm³/mol. The Kier molecular flexibility index (Phi) is 7.25. The molecular formula is C17H13Cl3N4O2S2. The maximum absolute atomic E-state index is 12.2. The summed E-state index contributed by atoms with van der Waals surface area (Å²) in [6, 6.07) is 10.5. The maximum atomic E-state index is 12.2. The van der Waals surface area contributed by atoms with Gasteiger partial charge < -0.3 is 15.4 Å². The van der Waals surface area contributed by atoms with Crippen LogP contribution in [0.2, 0.25) is 15.1 Å². The fourth-order valence-electron chi connectivity index (χ4n) is 2.08. The van der Waals surface area contributed by atoms with Crippen molar-refractivity contribution in [2.75, 3.05) is 23.5 Å². The second kappa shape index (κ2) is 9.67. The van der Waals surface area contributed by atoms with Crippen molar-refractivity contribution in [3.8, 4) is 5.75 Å². The summed E-state index contributed by atoms with van der Waals surface area (Å²) in [6.45, 7) is 0. The van der Waals surface area contributed by atoms with E-state index in [4.69, 9.17) is 39.5 Å². The Morgan fingerprint density at radius 1 is 1.14 bits per heavy atom. The number of halogens is 3. The van der Waals surface area contributed by atoms with Crippen molar-refractivity contribution in [1.82, 2.24) is 10.2 Å². The minimum absolute atomic E-state index is 0.131. The van der Waals surface area contributed by atoms with E-state index < -0.39 is 0 Å². The standard InChI is InChI=1S/C17H13Cl3N4O2S2/c1-26-11-4-2-10(3-5-11)21-16-23-24-17(28-16)27-8-14(25)22-15-12(19)6-9(18)7-13(15)20/h2-7H,8H2,1H3,(H,21,23)(H,22,25). The number of aromatic nitrogens is 2. The van der Waals surface area contributed by atoms with Crippen molar-refractivity contribution in [1.29, 1.82) is 0 Å². The van der Waals surface area contributed by atoms with Gasteiger partial charge in [-0.3, -0.25) is 4.79 Å². The van der Waals surface area contributed by atoms with Crippen LogP contribution in [-0.2, 0) is 4.79 Å². The summed E-state index contributed by atoms with van der Waals surface area (Å²) >= 11 is 20.6. The molecule has 3 rings (SSSR count). The molecular weight excluding hydrogens is 463 g/mol. The van der Waals surface area contributed by atoms with E-state index in [1.165, 1.54) is 35.2 Å². The molecule has 0 bridgehead atoms. The second-order valence-corrected chi connectivity index (χ2v) is 8.76. The molecule has 1 amide bonds. The number of hydrogen-bond donors (Lipinski definition) is 2. The van der Waals surface area contributed by atoms with Gasteiger partial charge >= 0.3 is 0 Å². The number of anilines is 3. The smallest absolute Gasteiger partial charge is 0.234 e. The molecule has 1 aromatic heterocycles. The van der Waals surface area contributed by atoms with E-state index in [2.05, 4.69) is 20.8 Å². The third-order valence-corrected chi connectivity index (χ3v) is 6.13. The molecule has 0 aliphatic heterocycles. The van der Waals surface area contributed by atoms with Gasteiger partial charge in [0, 0.05) is 10.7 Å². The number of ether oxygens (including phenoxy) is 1. The lowest BCUT2D eigenvalue weighted by Gasteiger charge is -2.09. The Morgan fingerprint density at radius 3 is 2.46 bits per heavy atom. The number of carbonyl (C=O) groups excluding carboxylic acids is 1. The van der Waals surface area contributed by atoms with Gasteiger partial charge in [0.05, 0.1) is 28.6 Å². The van der Waals surface area contributed by atoms with Gasteiger partial charge in [-0.1, -0.05) is 57.9 Å². The van der Waals surface area contributed by atoms with Crippen LogP contribution in [0.4, 0.5) is 16.5 Å². The highest BCUT2D eigenvalue weighted by Crippen LogP contribution is 2.34. The molecule has 2 N–H and O–H groups in total. The largest absolute Gasteiger partial charge is 0.497 e. The lowest BCUT2D eigenvalue weighted by atomic mass is 10.3. The number of benzene rings is 2. The Bertz CT molecular complexity index is 960. The van der Waals surface area contributed by atoms with Gasteiger partial charge in [0.1, 0.15) is 5.75 Å². The summed E-state index contributed by atoms with van der Waals surface area (Å²) in [5, 5.41) is 15.5. The third kappa shape index (κ3) is 5.65. The van der Waals surface area contributed by atoms with Crippen molar-refractivity contribution in [2.45, 2.75) is 4.34 Å². The van der Waals surface area contributed by atoms with E-state index in [1.54, 1.807) is 7.11 Å². The predicted octanol–water partition coefficient (Wildman–Crippen LogP) is 5.98. The monoisotopic (exact) mass is 474 g/mol. The van der Waals surface area contributed by atoms with Gasteiger partial charge in [-0.2, -0.15) is 0 Å². The molecule has 0 radical (unpaired) electrons. The van der Waals surface area contributed by atoms with Gasteiger partial charge in [0.25, 0.3) is 0 Å². The first kappa shape index (κ1) is 21.0. The van der Waals surface area contributed by atoms with E-state index in [0.29, 0.717) is 20.2 Å². The van der Waals surface area contributed by atoms with E-state index in [-0.39, 0.29) is 21.7 Å². The number of hydrogen-bond acceptors (Lipinski definition) is 7. The highest BCUT2D eigenvalue weighted by atomic mass is 35.5. The summed E-state index contributed by atoms with van der Waals surface area (Å²) in [4.78, 5) is 12.2. The van der Waals surface area contributed by atoms with Crippen molar-refractivity contribution >= 4 is 80.3 Å². The fourth-order valence-corrected chi connectivity index (χ4v) is 4.56. The van der Waals surface area contributed by atoms with Gasteiger partial charge in [0.15, 0.2) is 4.34 Å². The first-order chi connectivity index (χ1) is 13.4. The van der Waals surface area contributed by atoms with Crippen molar-refractivity contribution < 1.29 is 9.53 Å². The minimum Gasteiger partial charge on any atom is -0.497 e. The molecule has 0 aliphatic rings. The summed E-state index contributed by atoms with van der Waals surface area (Å²) in [5.74, 6) is 0.633. The molecule has 6 nitrogen and oxygen atoms in total. The van der Waals surface area contributed by atoms with Gasteiger partial charge in [-0.15, -0.1) is 10.2 Å². The van der Waals surface area contributed by atoms with Crippen LogP contribution in [0.15, 0.2) is 40.7 Å². The molecule has 0 atom stereocenters. The topological polar surface area (TPSA) is 76.1 Å². The molecule has 0 unspecified atom stereocenters. The zero-order chi connectivity index (χ0) is 20.1. The Labute approximate surface area is 184 Å². The quantitative estimate of drug-likeness (QED) is 0.409. The van der Waals surface area contributed by atoms with E-state index in [9.17, 15) is 4.79 Å². The van der Waals surface area contributed by atoms with Gasteiger partial charge in [0.2, 0.25) is 11.0 Å². The molecule has 146 valence electrons. The summed E-state index contributed by atoms with van der Waals surface area (Å²) < 4.78 is 5.78. The lowest BCUT2D eigenvalue weighted by Crippen LogP contribution is -2.14. The molecule has 2 aromatic carbocycles. The van der Waals surface area contributed by atoms with E-state index in [0.717, 1.165) is 11.4 Å². The van der Waals surface area contributed by atoms with E-state index >= 15 is 0 Å². The summed E-state index contributed by atoms with van der Waals surface area (Å²) in [6.07, 6.45) is 0. The van der Waals surface area contributed by atoms with Gasteiger partial charge in [-0.25, -0.2) is 0 Å². The highest BCUT2D eigenvalue weighted by Gasteiger charge is 2.13. The van der Waals surface area contributed by atoms with Crippen LogP contribution in [0, 0.1) is 0 Å². The van der Waals surface area contributed by atoms with Crippen LogP contribution >= 0.6 is 57.9 Å². The Balaban J connectivity index is 1.54. The van der Waals surface area contributed by atoms with Crippen LogP contribution in [-0.4, -0.2) is 29.0 Å². The van der Waals surface area contributed by atoms with Crippen LogP contribution in [0.25, 0.3) is 0 Å². The molecule has 1 heterocycles. The zero-order valence-electron chi connectivity index (χ0n) is 14.3. The SMILES string of the molecule is COc1ccc(Nc2nnc(SCC(=O)Nc3c(Cl)cc(Cl)cc3Cl)s2)cc1.